The van der Waals surface area contributed by atoms with E-state index in [0.29, 0.717) is 30.3 Å². The van der Waals surface area contributed by atoms with Crippen LogP contribution in [0.2, 0.25) is 0 Å². The standard InChI is InChI=1S/C20H19FN2O6S/c21-16-7-6-14(11-19(16)30(25,26)23-8-2-1-3-9-23)20(24)28-13-15-12-18(29-22-15)17-5-4-10-27-17/h4-7,10-12H,1-3,8-9,13H2. The lowest BCUT2D eigenvalue weighted by atomic mass is 10.2. The summed E-state index contributed by atoms with van der Waals surface area (Å²) in [6, 6.07) is 8.10. The highest BCUT2D eigenvalue weighted by Gasteiger charge is 2.29. The van der Waals surface area contributed by atoms with Crippen LogP contribution in [0.1, 0.15) is 35.3 Å². The maximum atomic E-state index is 14.3. The van der Waals surface area contributed by atoms with Crippen molar-refractivity contribution < 1.29 is 31.3 Å². The van der Waals surface area contributed by atoms with Crippen LogP contribution in [0.5, 0.6) is 0 Å². The molecule has 0 spiro atoms. The largest absolute Gasteiger partial charge is 0.461 e. The molecule has 30 heavy (non-hydrogen) atoms. The number of aromatic nitrogens is 1. The van der Waals surface area contributed by atoms with E-state index in [0.717, 1.165) is 31.4 Å². The summed E-state index contributed by atoms with van der Waals surface area (Å²) in [5, 5.41) is 3.80. The Morgan fingerprint density at radius 3 is 2.67 bits per heavy atom. The normalized spacial score (nSPS) is 15.2. The van der Waals surface area contributed by atoms with Crippen molar-refractivity contribution in [2.24, 2.45) is 0 Å². The predicted molar refractivity (Wildman–Crippen MR) is 102 cm³/mol. The number of halogens is 1. The van der Waals surface area contributed by atoms with Gasteiger partial charge in [-0.05, 0) is 43.2 Å². The number of sulfonamides is 1. The molecule has 1 aromatic carbocycles. The molecule has 0 aliphatic carbocycles. The fourth-order valence-electron chi connectivity index (χ4n) is 3.21. The van der Waals surface area contributed by atoms with Gasteiger partial charge in [-0.1, -0.05) is 11.6 Å². The topological polar surface area (TPSA) is 103 Å². The molecule has 3 heterocycles. The molecule has 3 aromatic rings. The second-order valence-corrected chi connectivity index (χ2v) is 8.75. The summed E-state index contributed by atoms with van der Waals surface area (Å²) in [4.78, 5) is 11.9. The van der Waals surface area contributed by atoms with Crippen LogP contribution in [0.25, 0.3) is 11.5 Å². The van der Waals surface area contributed by atoms with Gasteiger partial charge in [0.15, 0.2) is 5.76 Å². The molecule has 0 N–H and O–H groups in total. The van der Waals surface area contributed by atoms with Crippen molar-refractivity contribution >= 4 is 16.0 Å². The van der Waals surface area contributed by atoms with Gasteiger partial charge in [0.05, 0.1) is 11.8 Å². The van der Waals surface area contributed by atoms with E-state index in [2.05, 4.69) is 5.16 Å². The minimum absolute atomic E-state index is 0.0678. The number of esters is 1. The number of nitrogens with zero attached hydrogens (tertiary/aromatic N) is 2. The molecular weight excluding hydrogens is 415 g/mol. The number of rotatable bonds is 6. The van der Waals surface area contributed by atoms with Crippen molar-refractivity contribution in [3.8, 4) is 11.5 Å². The molecule has 1 aliphatic rings. The van der Waals surface area contributed by atoms with E-state index in [-0.39, 0.29) is 12.2 Å². The van der Waals surface area contributed by atoms with Gasteiger partial charge in [-0.3, -0.25) is 0 Å². The summed E-state index contributed by atoms with van der Waals surface area (Å²) >= 11 is 0. The SMILES string of the molecule is O=C(OCc1cc(-c2ccco2)on1)c1ccc(F)c(S(=O)(=O)N2CCCCC2)c1. The third kappa shape index (κ3) is 4.14. The summed E-state index contributed by atoms with van der Waals surface area (Å²) in [7, 11) is -4.02. The summed E-state index contributed by atoms with van der Waals surface area (Å²) in [6.45, 7) is 0.468. The van der Waals surface area contributed by atoms with Crippen molar-refractivity contribution in [2.45, 2.75) is 30.8 Å². The van der Waals surface area contributed by atoms with Crippen LogP contribution >= 0.6 is 0 Å². The summed E-state index contributed by atoms with van der Waals surface area (Å²) in [6.07, 6.45) is 3.87. The Labute approximate surface area is 172 Å². The molecular formula is C20H19FN2O6S. The first-order valence-electron chi connectivity index (χ1n) is 9.41. The van der Waals surface area contributed by atoms with Gasteiger partial charge in [0.1, 0.15) is 23.0 Å². The number of hydrogen-bond donors (Lipinski definition) is 0. The Kier molecular flexibility index (Phi) is 5.69. The lowest BCUT2D eigenvalue weighted by Gasteiger charge is -2.26. The molecule has 0 radical (unpaired) electrons. The minimum atomic E-state index is -4.02. The first-order valence-corrected chi connectivity index (χ1v) is 10.9. The van der Waals surface area contributed by atoms with Crippen molar-refractivity contribution in [2.75, 3.05) is 13.1 Å². The number of hydrogen-bond acceptors (Lipinski definition) is 7. The quantitative estimate of drug-likeness (QED) is 0.546. The monoisotopic (exact) mass is 434 g/mol. The lowest BCUT2D eigenvalue weighted by molar-refractivity contribution is 0.0464. The van der Waals surface area contributed by atoms with Crippen molar-refractivity contribution in [1.82, 2.24) is 9.46 Å². The fraction of sp³-hybridized carbons (Fsp3) is 0.300. The van der Waals surface area contributed by atoms with Crippen LogP contribution in [0.3, 0.4) is 0 Å². The summed E-state index contributed by atoms with van der Waals surface area (Å²) < 4.78 is 56.6. The van der Waals surface area contributed by atoms with E-state index in [1.165, 1.54) is 16.6 Å². The van der Waals surface area contributed by atoms with Crippen LogP contribution < -0.4 is 0 Å². The molecule has 10 heteroatoms. The van der Waals surface area contributed by atoms with Crippen LogP contribution in [0, 0.1) is 5.82 Å². The van der Waals surface area contributed by atoms with E-state index in [1.807, 2.05) is 0 Å². The number of piperidine rings is 1. The van der Waals surface area contributed by atoms with Gasteiger partial charge >= 0.3 is 5.97 Å². The van der Waals surface area contributed by atoms with Crippen molar-refractivity contribution in [1.29, 1.82) is 0 Å². The van der Waals surface area contributed by atoms with Gasteiger partial charge in [-0.15, -0.1) is 0 Å². The molecule has 8 nitrogen and oxygen atoms in total. The van der Waals surface area contributed by atoms with Crippen LogP contribution in [0.15, 0.2) is 56.5 Å². The third-order valence-corrected chi connectivity index (χ3v) is 6.69. The van der Waals surface area contributed by atoms with Crippen LogP contribution in [-0.2, 0) is 21.4 Å². The Morgan fingerprint density at radius 1 is 1.13 bits per heavy atom. The first-order chi connectivity index (χ1) is 14.4. The summed E-state index contributed by atoms with van der Waals surface area (Å²) in [5.74, 6) is -0.849. The van der Waals surface area contributed by atoms with Crippen LogP contribution in [-0.4, -0.2) is 36.9 Å². The molecule has 0 bridgehead atoms. The molecule has 0 saturated carbocycles. The smallest absolute Gasteiger partial charge is 0.338 e. The highest BCUT2D eigenvalue weighted by atomic mass is 32.2. The number of carbonyl (C=O) groups is 1. The Hall–Kier alpha value is -2.98. The van der Waals surface area contributed by atoms with Crippen molar-refractivity contribution in [3.05, 3.63) is 59.7 Å². The van der Waals surface area contributed by atoms with E-state index >= 15 is 0 Å². The molecule has 0 amide bonds. The molecule has 0 atom stereocenters. The zero-order valence-electron chi connectivity index (χ0n) is 15.9. The highest BCUT2D eigenvalue weighted by molar-refractivity contribution is 7.89. The molecule has 1 saturated heterocycles. The predicted octanol–water partition coefficient (Wildman–Crippen LogP) is 3.61. The molecule has 1 aliphatic heterocycles. The second kappa shape index (κ2) is 8.41. The molecule has 2 aromatic heterocycles. The van der Waals surface area contributed by atoms with Gasteiger partial charge in [-0.2, -0.15) is 4.31 Å². The number of carbonyl (C=O) groups excluding carboxylic acids is 1. The fourth-order valence-corrected chi connectivity index (χ4v) is 4.82. The van der Waals surface area contributed by atoms with Gasteiger partial charge in [0, 0.05) is 19.2 Å². The minimum Gasteiger partial charge on any atom is -0.461 e. The van der Waals surface area contributed by atoms with E-state index < -0.39 is 26.7 Å². The van der Waals surface area contributed by atoms with Gasteiger partial charge in [0.25, 0.3) is 0 Å². The number of ether oxygens (including phenoxy) is 1. The Morgan fingerprint density at radius 2 is 1.93 bits per heavy atom. The van der Waals surface area contributed by atoms with E-state index in [4.69, 9.17) is 13.7 Å². The lowest BCUT2D eigenvalue weighted by Crippen LogP contribution is -2.36. The number of furan rings is 1. The molecule has 4 rings (SSSR count). The Bertz CT molecular complexity index is 1130. The second-order valence-electron chi connectivity index (χ2n) is 6.85. The molecule has 0 unspecified atom stereocenters. The molecule has 1 fully saturated rings. The number of benzene rings is 1. The molecule has 158 valence electrons. The third-order valence-electron chi connectivity index (χ3n) is 4.77. The zero-order chi connectivity index (χ0) is 21.1. The van der Waals surface area contributed by atoms with E-state index in [9.17, 15) is 17.6 Å². The maximum Gasteiger partial charge on any atom is 0.338 e. The Balaban J connectivity index is 1.47. The first kappa shape index (κ1) is 20.3. The van der Waals surface area contributed by atoms with E-state index in [1.54, 1.807) is 18.2 Å². The van der Waals surface area contributed by atoms with Gasteiger partial charge in [0.2, 0.25) is 15.8 Å². The van der Waals surface area contributed by atoms with Crippen molar-refractivity contribution in [3.63, 3.8) is 0 Å². The van der Waals surface area contributed by atoms with Crippen LogP contribution in [0.4, 0.5) is 4.39 Å². The summed E-state index contributed by atoms with van der Waals surface area (Å²) in [5.41, 5.74) is 0.278. The van der Waals surface area contributed by atoms with Gasteiger partial charge in [-0.25, -0.2) is 17.6 Å². The average molecular weight is 434 g/mol. The zero-order valence-corrected chi connectivity index (χ0v) is 16.7. The maximum absolute atomic E-state index is 14.3. The van der Waals surface area contributed by atoms with Gasteiger partial charge < -0.3 is 13.7 Å². The highest BCUT2D eigenvalue weighted by Crippen LogP contribution is 2.25. The average Bonchev–Trinajstić information content (AvgIpc) is 3.45.